The third-order valence-electron chi connectivity index (χ3n) is 5.18. The summed E-state index contributed by atoms with van der Waals surface area (Å²) in [6.07, 6.45) is 4.00. The molecule has 1 aliphatic heterocycles. The smallest absolute Gasteiger partial charge is 0.230 e. The molecule has 2 aromatic heterocycles. The van der Waals surface area contributed by atoms with Crippen molar-refractivity contribution < 1.29 is 4.79 Å². The first-order valence-corrected chi connectivity index (χ1v) is 8.98. The second-order valence-corrected chi connectivity index (χ2v) is 7.06. The molecule has 4 rings (SSSR count). The van der Waals surface area contributed by atoms with Gasteiger partial charge in [-0.1, -0.05) is 30.3 Å². The molecule has 0 bridgehead atoms. The zero-order valence-electron chi connectivity index (χ0n) is 15.5. The van der Waals surface area contributed by atoms with E-state index in [1.807, 2.05) is 66.3 Å². The Kier molecular flexibility index (Phi) is 4.49. The number of aryl methyl sites for hydroxylation is 1. The Hall–Kier alpha value is -3.00. The van der Waals surface area contributed by atoms with Crippen LogP contribution in [-0.2, 0) is 25.3 Å². The van der Waals surface area contributed by atoms with Gasteiger partial charge < -0.3 is 15.2 Å². The maximum atomic E-state index is 12.8. The second-order valence-electron chi connectivity index (χ2n) is 7.06. The van der Waals surface area contributed by atoms with Crippen molar-refractivity contribution in [2.75, 3.05) is 13.1 Å². The number of aromatic nitrogens is 5. The van der Waals surface area contributed by atoms with Gasteiger partial charge in [-0.25, -0.2) is 0 Å². The van der Waals surface area contributed by atoms with E-state index in [1.165, 1.54) is 0 Å². The van der Waals surface area contributed by atoms with Gasteiger partial charge in [-0.2, -0.15) is 5.10 Å². The lowest BCUT2D eigenvalue weighted by Gasteiger charge is -2.15. The summed E-state index contributed by atoms with van der Waals surface area (Å²) in [5.74, 6) is 1.54. The summed E-state index contributed by atoms with van der Waals surface area (Å²) >= 11 is 0. The van der Waals surface area contributed by atoms with E-state index in [9.17, 15) is 4.79 Å². The average molecular weight is 365 g/mol. The lowest BCUT2D eigenvalue weighted by Crippen LogP contribution is -2.33. The van der Waals surface area contributed by atoms with Gasteiger partial charge in [0.25, 0.3) is 0 Å². The second kappa shape index (κ2) is 6.96. The Morgan fingerprint density at radius 3 is 2.67 bits per heavy atom. The van der Waals surface area contributed by atoms with Crippen LogP contribution in [0, 0.1) is 0 Å². The number of likely N-dealkylation sites (tertiary alicyclic amines) is 1. The standard InChI is InChI=1S/C19H23N7O/c1-24-10-14(9-21-24)15-11-26(12-16(15)20)18(27)8-17-22-23-19(25(17)2)13-6-4-3-5-7-13/h3-7,9-10,15-16H,8,11-12,20H2,1-2H3/t15-,16+/m0/s1. The van der Waals surface area contributed by atoms with Crippen LogP contribution in [0.2, 0.25) is 0 Å². The van der Waals surface area contributed by atoms with Crippen molar-refractivity contribution in [1.29, 1.82) is 0 Å². The van der Waals surface area contributed by atoms with E-state index in [-0.39, 0.29) is 24.3 Å². The van der Waals surface area contributed by atoms with Crippen LogP contribution in [0.5, 0.6) is 0 Å². The Bertz CT molecular complexity index is 946. The summed E-state index contributed by atoms with van der Waals surface area (Å²) in [6.45, 7) is 1.15. The highest BCUT2D eigenvalue weighted by molar-refractivity contribution is 5.78. The Balaban J connectivity index is 1.46. The molecule has 2 N–H and O–H groups in total. The quantitative estimate of drug-likeness (QED) is 0.735. The molecule has 3 heterocycles. The van der Waals surface area contributed by atoms with E-state index < -0.39 is 0 Å². The van der Waals surface area contributed by atoms with Gasteiger partial charge in [0, 0.05) is 50.9 Å². The number of hydrogen-bond acceptors (Lipinski definition) is 5. The fraction of sp³-hybridized carbons (Fsp3) is 0.368. The monoisotopic (exact) mass is 365 g/mol. The molecule has 0 spiro atoms. The average Bonchev–Trinajstić information content (AvgIpc) is 3.35. The first kappa shape index (κ1) is 17.4. The lowest BCUT2D eigenvalue weighted by molar-refractivity contribution is -0.129. The molecule has 140 valence electrons. The van der Waals surface area contributed by atoms with Crippen LogP contribution in [0.15, 0.2) is 42.7 Å². The number of benzene rings is 1. The van der Waals surface area contributed by atoms with Crippen molar-refractivity contribution in [3.8, 4) is 11.4 Å². The van der Waals surface area contributed by atoms with E-state index in [0.717, 1.165) is 17.0 Å². The van der Waals surface area contributed by atoms with Gasteiger partial charge in [0.1, 0.15) is 5.82 Å². The summed E-state index contributed by atoms with van der Waals surface area (Å²) in [5.41, 5.74) is 8.34. The van der Waals surface area contributed by atoms with Gasteiger partial charge in [-0.05, 0) is 5.56 Å². The zero-order chi connectivity index (χ0) is 19.0. The third-order valence-corrected chi connectivity index (χ3v) is 5.18. The van der Waals surface area contributed by atoms with E-state index in [1.54, 1.807) is 4.68 Å². The Labute approximate surface area is 157 Å². The van der Waals surface area contributed by atoms with Crippen LogP contribution in [0.3, 0.4) is 0 Å². The van der Waals surface area contributed by atoms with Crippen LogP contribution in [0.1, 0.15) is 17.3 Å². The van der Waals surface area contributed by atoms with Crippen LogP contribution >= 0.6 is 0 Å². The highest BCUT2D eigenvalue weighted by Crippen LogP contribution is 2.26. The largest absolute Gasteiger partial charge is 0.340 e. The molecule has 1 amide bonds. The molecule has 8 nitrogen and oxygen atoms in total. The molecule has 0 saturated carbocycles. The van der Waals surface area contributed by atoms with E-state index in [2.05, 4.69) is 15.3 Å². The topological polar surface area (TPSA) is 94.9 Å². The predicted octanol–water partition coefficient (Wildman–Crippen LogP) is 0.711. The molecule has 0 radical (unpaired) electrons. The molecule has 1 saturated heterocycles. The van der Waals surface area contributed by atoms with Crippen molar-refractivity contribution in [2.24, 2.45) is 19.8 Å². The van der Waals surface area contributed by atoms with Crippen molar-refractivity contribution >= 4 is 5.91 Å². The Morgan fingerprint density at radius 2 is 1.96 bits per heavy atom. The molecule has 1 aromatic carbocycles. The Morgan fingerprint density at radius 1 is 1.19 bits per heavy atom. The normalized spacial score (nSPS) is 19.6. The van der Waals surface area contributed by atoms with Crippen LogP contribution < -0.4 is 5.73 Å². The lowest BCUT2D eigenvalue weighted by atomic mass is 9.98. The number of hydrogen-bond donors (Lipinski definition) is 1. The van der Waals surface area contributed by atoms with Crippen LogP contribution in [0.4, 0.5) is 0 Å². The van der Waals surface area contributed by atoms with Gasteiger partial charge >= 0.3 is 0 Å². The zero-order valence-corrected chi connectivity index (χ0v) is 15.5. The van der Waals surface area contributed by atoms with Crippen molar-refractivity contribution in [1.82, 2.24) is 29.4 Å². The number of nitrogens with zero attached hydrogens (tertiary/aromatic N) is 6. The summed E-state index contributed by atoms with van der Waals surface area (Å²) in [7, 11) is 3.77. The fourth-order valence-electron chi connectivity index (χ4n) is 3.62. The molecular formula is C19H23N7O. The third kappa shape index (κ3) is 3.35. The first-order valence-electron chi connectivity index (χ1n) is 8.98. The van der Waals surface area contributed by atoms with E-state index >= 15 is 0 Å². The SMILES string of the molecule is Cn1cc([C@@H]2CN(C(=O)Cc3nnc(-c4ccccc4)n3C)C[C@H]2N)cn1. The maximum absolute atomic E-state index is 12.8. The molecule has 0 aliphatic carbocycles. The summed E-state index contributed by atoms with van der Waals surface area (Å²) in [4.78, 5) is 14.6. The summed E-state index contributed by atoms with van der Waals surface area (Å²) in [5, 5.41) is 12.7. The molecular weight excluding hydrogens is 342 g/mol. The van der Waals surface area contributed by atoms with Gasteiger partial charge in [-0.3, -0.25) is 9.48 Å². The molecule has 0 unspecified atom stereocenters. The van der Waals surface area contributed by atoms with Crippen molar-refractivity contribution in [3.63, 3.8) is 0 Å². The van der Waals surface area contributed by atoms with Crippen LogP contribution in [-0.4, -0.2) is 54.5 Å². The van der Waals surface area contributed by atoms with E-state index in [0.29, 0.717) is 18.9 Å². The van der Waals surface area contributed by atoms with Gasteiger partial charge in [0.2, 0.25) is 5.91 Å². The molecule has 8 heteroatoms. The van der Waals surface area contributed by atoms with Gasteiger partial charge in [-0.15, -0.1) is 10.2 Å². The maximum Gasteiger partial charge on any atom is 0.230 e. The highest BCUT2D eigenvalue weighted by Gasteiger charge is 2.35. The van der Waals surface area contributed by atoms with Crippen molar-refractivity contribution in [3.05, 3.63) is 54.1 Å². The summed E-state index contributed by atoms with van der Waals surface area (Å²) < 4.78 is 3.64. The number of carbonyl (C=O) groups is 1. The molecule has 3 aromatic rings. The van der Waals surface area contributed by atoms with Gasteiger partial charge in [0.05, 0.1) is 12.6 Å². The number of rotatable bonds is 4. The highest BCUT2D eigenvalue weighted by atomic mass is 16.2. The number of amides is 1. The molecule has 1 fully saturated rings. The van der Waals surface area contributed by atoms with Crippen LogP contribution in [0.25, 0.3) is 11.4 Å². The number of carbonyl (C=O) groups excluding carboxylic acids is 1. The van der Waals surface area contributed by atoms with Crippen molar-refractivity contribution in [2.45, 2.75) is 18.4 Å². The first-order chi connectivity index (χ1) is 13.0. The molecule has 2 atom stereocenters. The fourth-order valence-corrected chi connectivity index (χ4v) is 3.62. The molecule has 1 aliphatic rings. The minimum Gasteiger partial charge on any atom is -0.340 e. The minimum atomic E-state index is -0.0856. The van der Waals surface area contributed by atoms with E-state index in [4.69, 9.17) is 5.73 Å². The predicted molar refractivity (Wildman–Crippen MR) is 101 cm³/mol. The van der Waals surface area contributed by atoms with Gasteiger partial charge in [0.15, 0.2) is 5.82 Å². The molecule has 27 heavy (non-hydrogen) atoms. The minimum absolute atomic E-state index is 0.0203. The summed E-state index contributed by atoms with van der Waals surface area (Å²) in [6, 6.07) is 9.75. The number of nitrogens with two attached hydrogens (primary N) is 1.